The fourth-order valence-electron chi connectivity index (χ4n) is 9.04. The van der Waals surface area contributed by atoms with Gasteiger partial charge in [-0.3, -0.25) is 0 Å². The zero-order chi connectivity index (χ0) is 38.9. The van der Waals surface area contributed by atoms with Crippen molar-refractivity contribution in [1.29, 1.82) is 0 Å². The van der Waals surface area contributed by atoms with E-state index in [1.54, 1.807) is 0 Å². The van der Waals surface area contributed by atoms with Crippen molar-refractivity contribution in [2.24, 2.45) is 0 Å². The molecule has 2 heterocycles. The zero-order valence-corrected chi connectivity index (χ0v) is 32.0. The molecule has 0 aliphatic heterocycles. The van der Waals surface area contributed by atoms with Crippen LogP contribution in [0.3, 0.4) is 0 Å². The van der Waals surface area contributed by atoms with Gasteiger partial charge in [-0.1, -0.05) is 158 Å². The third-order valence-corrected chi connectivity index (χ3v) is 11.9. The summed E-state index contributed by atoms with van der Waals surface area (Å²) < 4.78 is 13.1. The Bertz CT molecular complexity index is 3550. The van der Waals surface area contributed by atoms with Crippen LogP contribution in [0, 0.1) is 0 Å². The lowest BCUT2D eigenvalue weighted by molar-refractivity contribution is 0.670. The molecule has 10 aromatic carbocycles. The van der Waals surface area contributed by atoms with Crippen LogP contribution < -0.4 is 4.90 Å². The quantitative estimate of drug-likeness (QED) is 0.169. The van der Waals surface area contributed by atoms with Gasteiger partial charge >= 0.3 is 0 Å². The van der Waals surface area contributed by atoms with E-state index in [0.717, 1.165) is 88.6 Å². The highest BCUT2D eigenvalue weighted by molar-refractivity contribution is 6.20. The van der Waals surface area contributed by atoms with Crippen molar-refractivity contribution >= 4 is 82.5 Å². The molecule has 0 saturated carbocycles. The van der Waals surface area contributed by atoms with Crippen molar-refractivity contribution in [2.45, 2.75) is 0 Å². The van der Waals surface area contributed by atoms with Crippen molar-refractivity contribution in [1.82, 2.24) is 0 Å². The molecule has 0 aliphatic rings. The monoisotopic (exact) mass is 753 g/mol. The number of nitrogens with zero attached hydrogens (tertiary/aromatic N) is 1. The number of para-hydroxylation sites is 3. The molecule has 0 aliphatic carbocycles. The second-order valence-corrected chi connectivity index (χ2v) is 15.2. The third-order valence-electron chi connectivity index (χ3n) is 11.9. The summed E-state index contributed by atoms with van der Waals surface area (Å²) in [6, 6.07) is 75.7. The van der Waals surface area contributed by atoms with Crippen molar-refractivity contribution in [2.75, 3.05) is 4.90 Å². The summed E-state index contributed by atoms with van der Waals surface area (Å²) in [7, 11) is 0. The van der Waals surface area contributed by atoms with Gasteiger partial charge in [0.25, 0.3) is 0 Å². The molecule has 2 aromatic heterocycles. The minimum atomic E-state index is 0.874. The molecule has 12 aromatic rings. The molecular formula is C56H35NO2. The number of benzene rings is 10. The van der Waals surface area contributed by atoms with E-state index < -0.39 is 0 Å². The van der Waals surface area contributed by atoms with E-state index in [-0.39, 0.29) is 0 Å². The first-order valence-electron chi connectivity index (χ1n) is 20.1. The molecular weight excluding hydrogens is 719 g/mol. The maximum absolute atomic E-state index is 6.66. The predicted octanol–water partition coefficient (Wildman–Crippen LogP) is 16.3. The predicted molar refractivity (Wildman–Crippen MR) is 247 cm³/mol. The Balaban J connectivity index is 1.03. The highest BCUT2D eigenvalue weighted by atomic mass is 16.3. The van der Waals surface area contributed by atoms with E-state index in [4.69, 9.17) is 8.83 Å². The van der Waals surface area contributed by atoms with Gasteiger partial charge in [0.15, 0.2) is 0 Å². The van der Waals surface area contributed by atoms with E-state index in [1.165, 1.54) is 27.3 Å². The average Bonchev–Trinajstić information content (AvgIpc) is 3.89. The summed E-state index contributed by atoms with van der Waals surface area (Å²) in [4.78, 5) is 2.38. The lowest BCUT2D eigenvalue weighted by Crippen LogP contribution is -2.11. The molecule has 59 heavy (non-hydrogen) atoms. The number of hydrogen-bond donors (Lipinski definition) is 0. The van der Waals surface area contributed by atoms with E-state index in [0.29, 0.717) is 0 Å². The van der Waals surface area contributed by atoms with Crippen LogP contribution >= 0.6 is 0 Å². The number of anilines is 3. The van der Waals surface area contributed by atoms with Gasteiger partial charge in [-0.2, -0.15) is 0 Å². The fourth-order valence-corrected chi connectivity index (χ4v) is 9.04. The second kappa shape index (κ2) is 13.4. The van der Waals surface area contributed by atoms with Crippen molar-refractivity contribution in [3.8, 4) is 33.4 Å². The van der Waals surface area contributed by atoms with Gasteiger partial charge in [0.2, 0.25) is 0 Å². The number of fused-ring (bicyclic) bond motifs is 9. The number of hydrogen-bond acceptors (Lipinski definition) is 3. The van der Waals surface area contributed by atoms with Crippen LogP contribution in [-0.4, -0.2) is 0 Å². The summed E-state index contributed by atoms with van der Waals surface area (Å²) in [5, 5.41) is 9.23. The third kappa shape index (κ3) is 5.44. The van der Waals surface area contributed by atoms with E-state index in [1.807, 2.05) is 12.1 Å². The molecule has 3 nitrogen and oxygen atoms in total. The SMILES string of the molecule is c1ccc(N(c2ccc(-c3ccc4ccccc4c3)cc2)c2ccc(-c3cccc4c3oc3ccccc34)cc2)c(-c2cccc3oc4c5ccccc5ccc4c23)c1. The van der Waals surface area contributed by atoms with Gasteiger partial charge in [-0.25, -0.2) is 0 Å². The van der Waals surface area contributed by atoms with Crippen LogP contribution in [0.25, 0.3) is 98.8 Å². The van der Waals surface area contributed by atoms with Crippen molar-refractivity contribution in [3.05, 3.63) is 212 Å². The minimum absolute atomic E-state index is 0.874. The van der Waals surface area contributed by atoms with E-state index >= 15 is 0 Å². The first kappa shape index (κ1) is 33.3. The van der Waals surface area contributed by atoms with Crippen LogP contribution in [0.5, 0.6) is 0 Å². The molecule has 0 amide bonds. The summed E-state index contributed by atoms with van der Waals surface area (Å²) in [6.07, 6.45) is 0. The molecule has 0 saturated heterocycles. The van der Waals surface area contributed by atoms with Gasteiger partial charge < -0.3 is 13.7 Å². The summed E-state index contributed by atoms with van der Waals surface area (Å²) in [6.45, 7) is 0. The minimum Gasteiger partial charge on any atom is -0.455 e. The maximum atomic E-state index is 6.66. The number of rotatable bonds is 6. The normalized spacial score (nSPS) is 11.7. The molecule has 12 rings (SSSR count). The Morgan fingerprint density at radius 3 is 1.73 bits per heavy atom. The zero-order valence-electron chi connectivity index (χ0n) is 32.0. The summed E-state index contributed by atoms with van der Waals surface area (Å²) >= 11 is 0. The second-order valence-electron chi connectivity index (χ2n) is 15.2. The Hall–Kier alpha value is -7.88. The van der Waals surface area contributed by atoms with Crippen LogP contribution in [0.2, 0.25) is 0 Å². The molecule has 276 valence electrons. The maximum Gasteiger partial charge on any atom is 0.143 e. The van der Waals surface area contributed by atoms with Crippen LogP contribution in [-0.2, 0) is 0 Å². The van der Waals surface area contributed by atoms with Gasteiger partial charge in [0, 0.05) is 49.4 Å². The fraction of sp³-hybridized carbons (Fsp3) is 0. The van der Waals surface area contributed by atoms with Crippen molar-refractivity contribution < 1.29 is 8.83 Å². The average molecular weight is 754 g/mol. The Morgan fingerprint density at radius 1 is 0.305 bits per heavy atom. The molecule has 0 bridgehead atoms. The lowest BCUT2D eigenvalue weighted by Gasteiger charge is -2.28. The molecule has 0 fully saturated rings. The van der Waals surface area contributed by atoms with E-state index in [2.05, 4.69) is 205 Å². The van der Waals surface area contributed by atoms with Crippen LogP contribution in [0.15, 0.2) is 221 Å². The van der Waals surface area contributed by atoms with Crippen LogP contribution in [0.4, 0.5) is 17.1 Å². The molecule has 0 radical (unpaired) electrons. The molecule has 0 N–H and O–H groups in total. The van der Waals surface area contributed by atoms with E-state index in [9.17, 15) is 0 Å². The number of furan rings is 2. The Morgan fingerprint density at radius 2 is 0.881 bits per heavy atom. The first-order chi connectivity index (χ1) is 29.2. The summed E-state index contributed by atoms with van der Waals surface area (Å²) in [5.74, 6) is 0. The standard InChI is InChI=1S/C56H35NO2/c1-2-13-40-35-41(24-23-36(40)11-1)37-25-30-42(31-26-37)57(43-32-27-39(28-33-43)45-17-9-19-49-47-16-6-8-21-52(47)58-55(45)49)51-20-7-5-15-46(51)48-18-10-22-53-54(48)50-34-29-38-12-3-4-14-44(38)56(50)59-53/h1-35H. The molecule has 0 spiro atoms. The van der Waals surface area contributed by atoms with Gasteiger partial charge in [-0.15, -0.1) is 0 Å². The lowest BCUT2D eigenvalue weighted by atomic mass is 9.95. The smallest absolute Gasteiger partial charge is 0.143 e. The Kier molecular flexibility index (Phi) is 7.54. The largest absolute Gasteiger partial charge is 0.455 e. The highest BCUT2D eigenvalue weighted by Gasteiger charge is 2.22. The van der Waals surface area contributed by atoms with Gasteiger partial charge in [0.1, 0.15) is 22.3 Å². The highest BCUT2D eigenvalue weighted by Crippen LogP contribution is 2.46. The molecule has 0 atom stereocenters. The van der Waals surface area contributed by atoms with Gasteiger partial charge in [-0.05, 0) is 93.0 Å². The van der Waals surface area contributed by atoms with Crippen molar-refractivity contribution in [3.63, 3.8) is 0 Å². The molecule has 0 unspecified atom stereocenters. The Labute approximate surface area is 340 Å². The first-order valence-corrected chi connectivity index (χ1v) is 20.1. The molecule has 3 heteroatoms. The topological polar surface area (TPSA) is 29.5 Å². The van der Waals surface area contributed by atoms with Gasteiger partial charge in [0.05, 0.1) is 5.69 Å². The summed E-state index contributed by atoms with van der Waals surface area (Å²) in [5.41, 5.74) is 13.5. The van der Waals surface area contributed by atoms with Crippen LogP contribution in [0.1, 0.15) is 0 Å².